The summed E-state index contributed by atoms with van der Waals surface area (Å²) in [5.41, 5.74) is 4.72. The largest absolute Gasteiger partial charge is 0.376 e. The predicted molar refractivity (Wildman–Crippen MR) is 69.7 cm³/mol. The minimum atomic E-state index is 0.553. The Bertz CT molecular complexity index is 369. The molecule has 0 unspecified atom stereocenters. The molecule has 0 saturated carbocycles. The van der Waals surface area contributed by atoms with Gasteiger partial charge in [0.2, 0.25) is 0 Å². The number of hydrogen-bond donors (Lipinski definition) is 2. The molecule has 0 fully saturated rings. The third-order valence-corrected chi connectivity index (χ3v) is 3.74. The first-order chi connectivity index (χ1) is 8.35. The Morgan fingerprint density at radius 3 is 3.12 bits per heavy atom. The number of hydrogen-bond acceptors (Lipinski definition) is 6. The lowest BCUT2D eigenvalue weighted by atomic mass is 10.1. The number of nitrogens with one attached hydrogen (secondary N) is 1. The minimum absolute atomic E-state index is 0.553. The van der Waals surface area contributed by atoms with E-state index < -0.39 is 0 Å². The van der Waals surface area contributed by atoms with Gasteiger partial charge in [-0.1, -0.05) is 6.92 Å². The number of anilines is 1. The lowest BCUT2D eigenvalue weighted by Gasteiger charge is -2.18. The predicted octanol–water partition coefficient (Wildman–Crippen LogP) is 1.48. The highest BCUT2D eigenvalue weighted by Crippen LogP contribution is 2.22. The maximum absolute atomic E-state index is 5.49. The Kier molecular flexibility index (Phi) is 4.58. The lowest BCUT2D eigenvalue weighted by Crippen LogP contribution is -2.20. The van der Waals surface area contributed by atoms with Crippen LogP contribution in [-0.2, 0) is 23.5 Å². The summed E-state index contributed by atoms with van der Waals surface area (Å²) in [6.07, 6.45) is 2.02. The zero-order chi connectivity index (χ0) is 12.1. The van der Waals surface area contributed by atoms with Gasteiger partial charge in [-0.15, -0.1) is 0 Å². The highest BCUT2D eigenvalue weighted by molar-refractivity contribution is 7.98. The van der Waals surface area contributed by atoms with E-state index >= 15 is 0 Å². The van der Waals surface area contributed by atoms with Crippen molar-refractivity contribution in [2.24, 2.45) is 5.84 Å². The van der Waals surface area contributed by atoms with Crippen LogP contribution in [0.2, 0.25) is 0 Å². The number of thioether (sulfide) groups is 1. The maximum Gasteiger partial charge on any atom is 0.149 e. The molecule has 0 atom stereocenters. The second-order valence-electron chi connectivity index (χ2n) is 3.91. The van der Waals surface area contributed by atoms with Crippen LogP contribution in [0.5, 0.6) is 0 Å². The van der Waals surface area contributed by atoms with Crippen LogP contribution in [-0.4, -0.2) is 22.3 Å². The quantitative estimate of drug-likeness (QED) is 0.471. The van der Waals surface area contributed by atoms with E-state index in [9.17, 15) is 0 Å². The van der Waals surface area contributed by atoms with Gasteiger partial charge in [-0.25, -0.2) is 15.8 Å². The number of rotatable bonds is 5. The Hall–Kier alpha value is -0.850. The summed E-state index contributed by atoms with van der Waals surface area (Å²) < 4.78 is 5.40. The molecule has 0 radical (unpaired) electrons. The van der Waals surface area contributed by atoms with Gasteiger partial charge in [-0.2, -0.15) is 11.8 Å². The molecule has 17 heavy (non-hydrogen) atoms. The monoisotopic (exact) mass is 254 g/mol. The molecule has 0 bridgehead atoms. The van der Waals surface area contributed by atoms with E-state index in [1.165, 1.54) is 6.42 Å². The SMILES string of the molecule is CCCSCc1nc2c(c(NN)n1)COCC2. The summed E-state index contributed by atoms with van der Waals surface area (Å²) in [4.78, 5) is 9.01. The van der Waals surface area contributed by atoms with Gasteiger partial charge in [0.15, 0.2) is 0 Å². The second kappa shape index (κ2) is 6.18. The van der Waals surface area contributed by atoms with Gasteiger partial charge in [0, 0.05) is 12.0 Å². The van der Waals surface area contributed by atoms with Gasteiger partial charge in [0.25, 0.3) is 0 Å². The van der Waals surface area contributed by atoms with Crippen molar-refractivity contribution >= 4 is 17.6 Å². The van der Waals surface area contributed by atoms with E-state index in [2.05, 4.69) is 22.3 Å². The molecule has 1 aromatic heterocycles. The minimum Gasteiger partial charge on any atom is -0.376 e. The molecule has 0 amide bonds. The fraction of sp³-hybridized carbons (Fsp3) is 0.636. The number of nitrogen functional groups attached to an aromatic ring is 1. The fourth-order valence-electron chi connectivity index (χ4n) is 1.77. The summed E-state index contributed by atoms with van der Waals surface area (Å²) in [5.74, 6) is 9.04. The van der Waals surface area contributed by atoms with Gasteiger partial charge in [-0.3, -0.25) is 0 Å². The number of hydrazine groups is 1. The van der Waals surface area contributed by atoms with Crippen LogP contribution in [0.15, 0.2) is 0 Å². The van der Waals surface area contributed by atoms with Crippen molar-refractivity contribution < 1.29 is 4.74 Å². The van der Waals surface area contributed by atoms with Crippen molar-refractivity contribution in [1.82, 2.24) is 9.97 Å². The number of nitrogens with zero attached hydrogens (tertiary/aromatic N) is 2. The molecule has 0 saturated heterocycles. The van der Waals surface area contributed by atoms with Crippen molar-refractivity contribution in [2.75, 3.05) is 17.8 Å². The Balaban J connectivity index is 2.17. The van der Waals surface area contributed by atoms with Gasteiger partial charge in [0.1, 0.15) is 11.6 Å². The van der Waals surface area contributed by atoms with Crippen molar-refractivity contribution in [3.05, 3.63) is 17.1 Å². The van der Waals surface area contributed by atoms with E-state index in [0.29, 0.717) is 12.4 Å². The van der Waals surface area contributed by atoms with Crippen LogP contribution >= 0.6 is 11.8 Å². The molecule has 0 aliphatic carbocycles. The zero-order valence-electron chi connectivity index (χ0n) is 10.0. The van der Waals surface area contributed by atoms with E-state index in [0.717, 1.165) is 41.6 Å². The van der Waals surface area contributed by atoms with Crippen LogP contribution in [0.25, 0.3) is 0 Å². The smallest absolute Gasteiger partial charge is 0.149 e. The molecule has 2 heterocycles. The summed E-state index contributed by atoms with van der Waals surface area (Å²) in [6.45, 7) is 3.46. The first-order valence-corrected chi connectivity index (χ1v) is 7.01. The Morgan fingerprint density at radius 1 is 1.47 bits per heavy atom. The van der Waals surface area contributed by atoms with Crippen LogP contribution in [0, 0.1) is 0 Å². The number of fused-ring (bicyclic) bond motifs is 1. The zero-order valence-corrected chi connectivity index (χ0v) is 10.8. The average Bonchev–Trinajstić information content (AvgIpc) is 2.38. The van der Waals surface area contributed by atoms with Crippen molar-refractivity contribution in [1.29, 1.82) is 0 Å². The lowest BCUT2D eigenvalue weighted by molar-refractivity contribution is 0.109. The fourth-order valence-corrected chi connectivity index (χ4v) is 2.52. The van der Waals surface area contributed by atoms with E-state index in [-0.39, 0.29) is 0 Å². The summed E-state index contributed by atoms with van der Waals surface area (Å²) in [5, 5.41) is 0. The van der Waals surface area contributed by atoms with E-state index in [4.69, 9.17) is 10.6 Å². The molecule has 1 aliphatic rings. The van der Waals surface area contributed by atoms with Gasteiger partial charge >= 0.3 is 0 Å². The van der Waals surface area contributed by atoms with E-state index in [1.807, 2.05) is 11.8 Å². The van der Waals surface area contributed by atoms with Crippen molar-refractivity contribution in [3.8, 4) is 0 Å². The standard InChI is InChI=1S/C11H18N4OS/c1-2-5-17-7-10-13-9-3-4-16-6-8(9)11(14-10)15-12/h2-7,12H2,1H3,(H,13,14,15). The third kappa shape index (κ3) is 3.08. The van der Waals surface area contributed by atoms with E-state index in [1.54, 1.807) is 0 Å². The van der Waals surface area contributed by atoms with Crippen LogP contribution in [0.3, 0.4) is 0 Å². The Labute approximate surface area is 106 Å². The molecule has 1 aliphatic heterocycles. The summed E-state index contributed by atoms with van der Waals surface area (Å²) >= 11 is 1.85. The van der Waals surface area contributed by atoms with Crippen LogP contribution in [0.1, 0.15) is 30.4 Å². The maximum atomic E-state index is 5.49. The van der Waals surface area contributed by atoms with Crippen molar-refractivity contribution in [3.63, 3.8) is 0 Å². The molecule has 1 aromatic rings. The van der Waals surface area contributed by atoms with Gasteiger partial charge in [0.05, 0.1) is 24.7 Å². The molecule has 94 valence electrons. The number of nitrogens with two attached hydrogens (primary N) is 1. The normalized spacial score (nSPS) is 14.5. The van der Waals surface area contributed by atoms with Gasteiger partial charge in [-0.05, 0) is 12.2 Å². The topological polar surface area (TPSA) is 73.1 Å². The Morgan fingerprint density at radius 2 is 2.35 bits per heavy atom. The molecule has 0 aromatic carbocycles. The highest BCUT2D eigenvalue weighted by atomic mass is 32.2. The second-order valence-corrected chi connectivity index (χ2v) is 5.02. The summed E-state index contributed by atoms with van der Waals surface area (Å²) in [7, 11) is 0. The third-order valence-electron chi connectivity index (χ3n) is 2.59. The summed E-state index contributed by atoms with van der Waals surface area (Å²) in [6, 6.07) is 0. The van der Waals surface area contributed by atoms with Crippen molar-refractivity contribution in [2.45, 2.75) is 32.1 Å². The molecule has 0 spiro atoms. The molecule has 5 nitrogen and oxygen atoms in total. The van der Waals surface area contributed by atoms with Crippen LogP contribution < -0.4 is 11.3 Å². The number of ether oxygens (including phenoxy) is 1. The van der Waals surface area contributed by atoms with Crippen LogP contribution in [0.4, 0.5) is 5.82 Å². The molecule has 6 heteroatoms. The first-order valence-electron chi connectivity index (χ1n) is 5.86. The van der Waals surface area contributed by atoms with Gasteiger partial charge < -0.3 is 10.2 Å². The molecular weight excluding hydrogens is 236 g/mol. The average molecular weight is 254 g/mol. The first kappa shape index (κ1) is 12.6. The molecular formula is C11H18N4OS. The highest BCUT2D eigenvalue weighted by Gasteiger charge is 2.17. The molecule has 2 rings (SSSR count). The number of aromatic nitrogens is 2. The molecule has 3 N–H and O–H groups in total.